The number of Topliss-reactive ketones (excluding diaryl/α,β-unsaturated/α-hetero) is 2. The molecule has 0 saturated carbocycles. The Kier molecular flexibility index (Phi) is 25.9. The number of ether oxygens (including phenoxy) is 4. The molecule has 1 aliphatic heterocycles. The molecule has 20 nitrogen and oxygen atoms in total. The van der Waals surface area contributed by atoms with Gasteiger partial charge in [0, 0.05) is 84.2 Å². The molecule has 90 heavy (non-hydrogen) atoms. The van der Waals surface area contributed by atoms with Crippen LogP contribution in [0, 0.1) is 25.7 Å². The van der Waals surface area contributed by atoms with Gasteiger partial charge in [0.15, 0.2) is 39.9 Å². The van der Waals surface area contributed by atoms with Gasteiger partial charge in [-0.1, -0.05) is 75.5 Å². The fraction of sp³-hybridized carbons (Fsp3) is 0.412. The van der Waals surface area contributed by atoms with E-state index in [4.69, 9.17) is 18.9 Å². The highest BCUT2D eigenvalue weighted by atomic mass is 32.2. The van der Waals surface area contributed by atoms with Crippen LogP contribution in [0.5, 0.6) is 23.0 Å². The minimum atomic E-state index is -4.75. The lowest BCUT2D eigenvalue weighted by molar-refractivity contribution is -0.130. The smallest absolute Gasteiger partial charge is 0.286 e. The summed E-state index contributed by atoms with van der Waals surface area (Å²) in [6, 6.07) is 24.9. The molecule has 0 spiro atoms. The van der Waals surface area contributed by atoms with Gasteiger partial charge in [-0.25, -0.2) is 0 Å². The number of hydrogen-bond acceptors (Lipinski definition) is 16. The molecule has 7 N–H and O–H groups in total. The molecule has 0 aliphatic carbocycles. The number of anilines is 3. The van der Waals surface area contributed by atoms with Gasteiger partial charge in [-0.05, 0) is 149 Å². The Labute approximate surface area is 534 Å². The number of benzene rings is 5. The summed E-state index contributed by atoms with van der Waals surface area (Å²) in [5.41, 5.74) is 8.16. The molecule has 5 aromatic rings. The third-order valence-electron chi connectivity index (χ3n) is 15.6. The van der Waals surface area contributed by atoms with Crippen LogP contribution >= 0.6 is 12.6 Å². The van der Waals surface area contributed by atoms with Crippen molar-refractivity contribution in [3.8, 4) is 23.0 Å². The maximum atomic E-state index is 14.0. The van der Waals surface area contributed by atoms with Crippen molar-refractivity contribution in [2.45, 2.75) is 136 Å². The SMILES string of the molecule is C=C(CCCCC(=O)N[C@@H](C)C(=O)N[C@@H](C)C(=O)Nc1cc(COc2cc(NC[C@@H](C)Cc3ccccc3C)c(C(C)=O)cc2OC)cc(COc2cc(NC(C(C)Cc3ccccc3C)S(=O)(=O)O)c(C(C)=O)cc2OC)c1)NCCN1C(=C)CC(S)C1=O. The number of nitrogens with zero attached hydrogens (tertiary/aromatic N) is 1. The first-order valence-corrected chi connectivity index (χ1v) is 32.1. The zero-order chi connectivity index (χ0) is 66.0. The summed E-state index contributed by atoms with van der Waals surface area (Å²) in [5.74, 6) is -1.85. The average Bonchev–Trinajstić information content (AvgIpc) is 1.12. The average molecular weight is 1270 g/mol. The fourth-order valence-corrected chi connectivity index (χ4v) is 11.8. The van der Waals surface area contributed by atoms with Gasteiger partial charge in [0.25, 0.3) is 10.1 Å². The van der Waals surface area contributed by atoms with Crippen molar-refractivity contribution in [1.82, 2.24) is 20.9 Å². The lowest BCUT2D eigenvalue weighted by Gasteiger charge is -2.26. The standard InChI is InChI=1S/C68H87N7O13S2/c1-40(27-52-22-16-13-19-41(52)2)37-70-57-35-61(59(85-11)33-55(57)48(9)76)87-38-50-30-51(39-88-62-36-58(56(49(10)77)34-60(62)86-12)74-67(90(82,83)84)43(4)28-53-23-17-14-20-42(53)3)32-54(31-50)73-66(80)47(8)72-65(79)46(7)71-64(78)24-18-15-21-44(5)69-25-26-75-45(6)29-63(89)68(75)81/h13-14,16-17,19-20,22-23,30-36,40,43,46-47,63,67,69-70,74,89H,5-6,15,18,21,24-29,37-39H2,1-4,7-12H3,(H,71,78)(H,72,79)(H,73,80)(H,82,83,84)/t40-,43?,46-,47-,63?,67?/m0/s1. The largest absolute Gasteiger partial charge is 0.493 e. The molecule has 6 atom stereocenters. The second-order valence-corrected chi connectivity index (χ2v) is 25.3. The van der Waals surface area contributed by atoms with Crippen molar-refractivity contribution in [3.05, 3.63) is 160 Å². The first kappa shape index (κ1) is 70.7. The van der Waals surface area contributed by atoms with Gasteiger partial charge < -0.3 is 55.7 Å². The van der Waals surface area contributed by atoms with E-state index < -0.39 is 51.1 Å². The zero-order valence-corrected chi connectivity index (χ0v) is 54.9. The summed E-state index contributed by atoms with van der Waals surface area (Å²) < 4.78 is 61.0. The highest BCUT2D eigenvalue weighted by molar-refractivity contribution is 7.86. The van der Waals surface area contributed by atoms with Crippen LogP contribution in [-0.2, 0) is 55.4 Å². The maximum Gasteiger partial charge on any atom is 0.286 e. The van der Waals surface area contributed by atoms with Crippen LogP contribution < -0.4 is 50.8 Å². The van der Waals surface area contributed by atoms with E-state index in [0.29, 0.717) is 79.2 Å². The van der Waals surface area contributed by atoms with Gasteiger partial charge in [0.2, 0.25) is 23.6 Å². The molecule has 1 saturated heterocycles. The number of likely N-dealkylation sites (tertiary alicyclic amines) is 1. The molecule has 4 amide bonds. The van der Waals surface area contributed by atoms with Crippen molar-refractivity contribution in [3.63, 3.8) is 0 Å². The van der Waals surface area contributed by atoms with Gasteiger partial charge in [-0.15, -0.1) is 0 Å². The Morgan fingerprint density at radius 2 is 1.26 bits per heavy atom. The molecular weight excluding hydrogens is 1190 g/mol. The van der Waals surface area contributed by atoms with Gasteiger partial charge in [0.05, 0.1) is 19.5 Å². The van der Waals surface area contributed by atoms with Crippen LogP contribution in [0.1, 0.15) is 128 Å². The van der Waals surface area contributed by atoms with E-state index in [1.165, 1.54) is 65.2 Å². The second kappa shape index (κ2) is 32.9. The molecule has 1 heterocycles. The zero-order valence-electron chi connectivity index (χ0n) is 53.2. The first-order chi connectivity index (χ1) is 42.6. The summed E-state index contributed by atoms with van der Waals surface area (Å²) in [6.45, 7) is 22.8. The molecule has 22 heteroatoms. The Bertz CT molecular complexity index is 3560. The number of methoxy groups -OCH3 is 2. The predicted molar refractivity (Wildman–Crippen MR) is 354 cm³/mol. The summed E-state index contributed by atoms with van der Waals surface area (Å²) in [5, 5.41) is 16.0. The topological polar surface area (TPSA) is 269 Å². The van der Waals surface area contributed by atoms with Crippen LogP contribution in [0.3, 0.4) is 0 Å². The predicted octanol–water partition coefficient (Wildman–Crippen LogP) is 10.3. The van der Waals surface area contributed by atoms with E-state index in [2.05, 4.69) is 83.7 Å². The van der Waals surface area contributed by atoms with Crippen molar-refractivity contribution < 1.29 is 60.7 Å². The summed E-state index contributed by atoms with van der Waals surface area (Å²) in [7, 11) is -1.90. The van der Waals surface area contributed by atoms with Crippen molar-refractivity contribution in [2.75, 3.05) is 49.8 Å². The van der Waals surface area contributed by atoms with Gasteiger partial charge >= 0.3 is 0 Å². The molecule has 3 unspecified atom stereocenters. The van der Waals surface area contributed by atoms with Crippen molar-refractivity contribution in [1.29, 1.82) is 0 Å². The first-order valence-electron chi connectivity index (χ1n) is 30.1. The molecule has 0 radical (unpaired) electrons. The summed E-state index contributed by atoms with van der Waals surface area (Å²) in [6.07, 6.45) is 3.55. The Morgan fingerprint density at radius 1 is 0.722 bits per heavy atom. The highest BCUT2D eigenvalue weighted by Gasteiger charge is 2.33. The normalized spacial score (nSPS) is 14.7. The molecule has 6 rings (SSSR count). The molecule has 1 aliphatic rings. The van der Waals surface area contributed by atoms with E-state index in [0.717, 1.165) is 28.9 Å². The highest BCUT2D eigenvalue weighted by Crippen LogP contribution is 2.38. The minimum Gasteiger partial charge on any atom is -0.493 e. The quantitative estimate of drug-likeness (QED) is 0.00811. The number of ketones is 2. The van der Waals surface area contributed by atoms with Gasteiger partial charge in [0.1, 0.15) is 25.3 Å². The Balaban J connectivity index is 1.19. The van der Waals surface area contributed by atoms with Gasteiger partial charge in [-0.3, -0.25) is 33.3 Å². The number of aryl methyl sites for hydroxylation is 2. The molecule has 0 bridgehead atoms. The van der Waals surface area contributed by atoms with Crippen LogP contribution in [0.4, 0.5) is 17.1 Å². The number of hydrogen-bond donors (Lipinski definition) is 8. The van der Waals surface area contributed by atoms with E-state index in [9.17, 15) is 41.7 Å². The van der Waals surface area contributed by atoms with E-state index >= 15 is 0 Å². The van der Waals surface area contributed by atoms with E-state index in [1.54, 1.807) is 42.2 Å². The number of amides is 4. The maximum absolute atomic E-state index is 14.0. The Hall–Kier alpha value is -8.34. The van der Waals surface area contributed by atoms with E-state index in [1.807, 2.05) is 43.3 Å². The summed E-state index contributed by atoms with van der Waals surface area (Å²) in [4.78, 5) is 80.4. The Morgan fingerprint density at radius 3 is 1.79 bits per heavy atom. The van der Waals surface area contributed by atoms with Crippen LogP contribution in [-0.4, -0.2) is 110 Å². The summed E-state index contributed by atoms with van der Waals surface area (Å²) >= 11 is 4.30. The molecule has 1 fully saturated rings. The molecular formula is C68H87N7O13S2. The van der Waals surface area contributed by atoms with Crippen LogP contribution in [0.25, 0.3) is 0 Å². The molecule has 484 valence electrons. The van der Waals surface area contributed by atoms with E-state index in [-0.39, 0.29) is 83.3 Å². The van der Waals surface area contributed by atoms with Crippen LogP contribution in [0.15, 0.2) is 116 Å². The number of thiol groups is 1. The minimum absolute atomic E-state index is 0.0631. The van der Waals surface area contributed by atoms with Gasteiger partial charge in [-0.2, -0.15) is 21.0 Å². The van der Waals surface area contributed by atoms with Crippen LogP contribution in [0.2, 0.25) is 0 Å². The number of allylic oxidation sites excluding steroid dienone is 2. The third-order valence-corrected chi connectivity index (χ3v) is 17.2. The molecule has 0 aromatic heterocycles. The third kappa shape index (κ3) is 20.3. The lowest BCUT2D eigenvalue weighted by Crippen LogP contribution is -2.50. The number of rotatable bonds is 35. The van der Waals surface area contributed by atoms with Crippen molar-refractivity contribution >= 4 is 75.0 Å². The lowest BCUT2D eigenvalue weighted by atomic mass is 9.97. The second-order valence-electron chi connectivity index (χ2n) is 23.2. The number of carbonyl (C=O) groups is 6. The fourth-order valence-electron chi connectivity index (χ4n) is 10.5. The number of unbranched alkanes of at least 4 members (excludes halogenated alkanes) is 1. The number of nitrogens with one attached hydrogen (secondary N) is 6. The molecule has 5 aromatic carbocycles. The monoisotopic (exact) mass is 1270 g/mol. The number of carbonyl (C=O) groups excluding carboxylic acids is 6. The van der Waals surface area contributed by atoms with Crippen molar-refractivity contribution in [2.24, 2.45) is 11.8 Å².